The molecular weight excluding hydrogens is 386 g/mol. The molecule has 0 unspecified atom stereocenters. The number of nitrogens with zero attached hydrogens (tertiary/aromatic N) is 2. The van der Waals surface area contributed by atoms with Gasteiger partial charge in [0.15, 0.2) is 0 Å². The normalized spacial score (nSPS) is 14.0. The van der Waals surface area contributed by atoms with E-state index < -0.39 is 0 Å². The third-order valence-corrected chi connectivity index (χ3v) is 6.59. The van der Waals surface area contributed by atoms with Crippen LogP contribution in [0.2, 0.25) is 0 Å². The molecule has 0 bridgehead atoms. The number of aromatic hydroxyl groups is 1. The summed E-state index contributed by atoms with van der Waals surface area (Å²) in [4.78, 5) is 19.0. The quantitative estimate of drug-likeness (QED) is 0.525. The average Bonchev–Trinajstić information content (AvgIpc) is 3.50. The number of rotatable bonds is 5. The molecule has 148 valence electrons. The van der Waals surface area contributed by atoms with E-state index in [1.807, 2.05) is 24.3 Å². The van der Waals surface area contributed by atoms with Gasteiger partial charge in [0.25, 0.3) is 5.56 Å². The van der Waals surface area contributed by atoms with Gasteiger partial charge < -0.3 is 15.6 Å². The first-order valence-electron chi connectivity index (χ1n) is 9.65. The van der Waals surface area contributed by atoms with Crippen molar-refractivity contribution in [3.63, 3.8) is 0 Å². The first-order chi connectivity index (χ1) is 14.1. The van der Waals surface area contributed by atoms with Gasteiger partial charge in [-0.15, -0.1) is 11.3 Å². The Hall–Kier alpha value is -2.90. The molecule has 2 aromatic heterocycles. The molecule has 1 saturated carbocycles. The molecule has 5 rings (SSSR count). The van der Waals surface area contributed by atoms with Crippen LogP contribution in [-0.2, 0) is 6.54 Å². The largest absolute Gasteiger partial charge is 0.506 e. The molecule has 6 nitrogen and oxygen atoms in total. The van der Waals surface area contributed by atoms with Gasteiger partial charge in [-0.3, -0.25) is 9.36 Å². The maximum atomic E-state index is 13.5. The lowest BCUT2D eigenvalue weighted by Gasteiger charge is -2.15. The SMILES string of the molecule is COc1ccc(-c2nc3sc4c(O)cccc4c3c(=O)n2CCN)c(C2CC2)c1. The Labute approximate surface area is 171 Å². The van der Waals surface area contributed by atoms with Crippen molar-refractivity contribution in [1.29, 1.82) is 0 Å². The van der Waals surface area contributed by atoms with Gasteiger partial charge in [-0.1, -0.05) is 12.1 Å². The number of phenolic OH excluding ortho intramolecular Hbond substituents is 1. The van der Waals surface area contributed by atoms with Crippen molar-refractivity contribution in [2.45, 2.75) is 25.3 Å². The highest BCUT2D eigenvalue weighted by Gasteiger charge is 2.29. The fourth-order valence-corrected chi connectivity index (χ4v) is 4.99. The van der Waals surface area contributed by atoms with Crippen molar-refractivity contribution in [3.8, 4) is 22.9 Å². The van der Waals surface area contributed by atoms with Crippen LogP contribution in [0.3, 0.4) is 0 Å². The Morgan fingerprint density at radius 3 is 2.86 bits per heavy atom. The first kappa shape index (κ1) is 18.1. The van der Waals surface area contributed by atoms with Crippen LogP contribution >= 0.6 is 11.3 Å². The van der Waals surface area contributed by atoms with Crippen molar-refractivity contribution >= 4 is 31.6 Å². The van der Waals surface area contributed by atoms with Gasteiger partial charge in [0.2, 0.25) is 0 Å². The van der Waals surface area contributed by atoms with Crippen molar-refractivity contribution < 1.29 is 9.84 Å². The predicted octanol–water partition coefficient (Wildman–Crippen LogP) is 3.83. The second-order valence-corrected chi connectivity index (χ2v) is 8.34. The number of aromatic nitrogens is 2. The predicted molar refractivity (Wildman–Crippen MR) is 116 cm³/mol. The zero-order valence-electron chi connectivity index (χ0n) is 16.0. The van der Waals surface area contributed by atoms with Crippen LogP contribution in [0.5, 0.6) is 11.5 Å². The molecule has 29 heavy (non-hydrogen) atoms. The Morgan fingerprint density at radius 2 is 2.14 bits per heavy atom. The molecule has 1 aliphatic carbocycles. The fourth-order valence-electron chi connectivity index (χ4n) is 3.91. The van der Waals surface area contributed by atoms with Crippen molar-refractivity contribution in [1.82, 2.24) is 9.55 Å². The molecule has 2 aromatic carbocycles. The van der Waals surface area contributed by atoms with Gasteiger partial charge >= 0.3 is 0 Å². The van der Waals surface area contributed by atoms with E-state index >= 15 is 0 Å². The van der Waals surface area contributed by atoms with Crippen LogP contribution in [0.4, 0.5) is 0 Å². The van der Waals surface area contributed by atoms with Gasteiger partial charge in [0.05, 0.1) is 17.2 Å². The maximum Gasteiger partial charge on any atom is 0.263 e. The Morgan fingerprint density at radius 1 is 1.31 bits per heavy atom. The lowest BCUT2D eigenvalue weighted by atomic mass is 10.0. The number of thiophene rings is 1. The Kier molecular flexibility index (Phi) is 4.29. The van der Waals surface area contributed by atoms with Gasteiger partial charge in [-0.25, -0.2) is 4.98 Å². The third-order valence-electron chi connectivity index (χ3n) is 5.47. The summed E-state index contributed by atoms with van der Waals surface area (Å²) in [5, 5.41) is 11.5. The molecule has 0 atom stereocenters. The van der Waals surface area contributed by atoms with Crippen LogP contribution < -0.4 is 16.0 Å². The van der Waals surface area contributed by atoms with Crippen molar-refractivity contribution in [2.75, 3.05) is 13.7 Å². The fraction of sp³-hybridized carbons (Fsp3) is 0.273. The number of benzene rings is 2. The van der Waals surface area contributed by atoms with E-state index in [4.69, 9.17) is 15.5 Å². The monoisotopic (exact) mass is 407 g/mol. The molecule has 2 heterocycles. The van der Waals surface area contributed by atoms with E-state index in [9.17, 15) is 9.90 Å². The molecule has 0 aliphatic heterocycles. The van der Waals surface area contributed by atoms with Crippen LogP contribution in [-0.4, -0.2) is 28.3 Å². The van der Waals surface area contributed by atoms with Gasteiger partial charge in [0, 0.05) is 24.0 Å². The molecule has 0 saturated heterocycles. The molecule has 0 radical (unpaired) electrons. The maximum absolute atomic E-state index is 13.5. The Balaban J connectivity index is 1.85. The topological polar surface area (TPSA) is 90.4 Å². The zero-order chi connectivity index (χ0) is 20.1. The first-order valence-corrected chi connectivity index (χ1v) is 10.5. The summed E-state index contributed by atoms with van der Waals surface area (Å²) in [6, 6.07) is 11.2. The number of hydrogen-bond acceptors (Lipinski definition) is 6. The second-order valence-electron chi connectivity index (χ2n) is 7.34. The lowest BCUT2D eigenvalue weighted by Crippen LogP contribution is -2.26. The molecule has 7 heteroatoms. The van der Waals surface area contributed by atoms with Crippen molar-refractivity contribution in [3.05, 3.63) is 52.3 Å². The highest BCUT2D eigenvalue weighted by Crippen LogP contribution is 2.46. The summed E-state index contributed by atoms with van der Waals surface area (Å²) in [5.74, 6) is 2.06. The van der Waals surface area contributed by atoms with E-state index in [-0.39, 0.29) is 11.3 Å². The smallest absolute Gasteiger partial charge is 0.263 e. The standard InChI is InChI=1S/C22H21N3O3S/c1-28-13-7-8-14(16(11-13)12-5-6-12)20-24-21-18(22(27)25(20)10-9-23)15-3-2-4-17(26)19(15)29-21/h2-4,7-8,11-12,26H,5-6,9-10,23H2,1H3. The van der Waals surface area contributed by atoms with Gasteiger partial charge in [-0.05, 0) is 48.6 Å². The molecule has 4 aromatic rings. The minimum Gasteiger partial charge on any atom is -0.506 e. The minimum absolute atomic E-state index is 0.120. The molecule has 1 fully saturated rings. The number of phenols is 1. The van der Waals surface area contributed by atoms with Crippen molar-refractivity contribution in [2.24, 2.45) is 5.73 Å². The zero-order valence-corrected chi connectivity index (χ0v) is 16.8. The third kappa shape index (κ3) is 2.89. The van der Waals surface area contributed by atoms with Crippen LogP contribution in [0.25, 0.3) is 31.7 Å². The van der Waals surface area contributed by atoms with E-state index in [2.05, 4.69) is 0 Å². The summed E-state index contributed by atoms with van der Waals surface area (Å²) >= 11 is 1.35. The highest BCUT2D eigenvalue weighted by molar-refractivity contribution is 7.25. The molecule has 1 aliphatic rings. The number of fused-ring (bicyclic) bond motifs is 3. The number of methoxy groups -OCH3 is 1. The molecule has 3 N–H and O–H groups in total. The van der Waals surface area contributed by atoms with E-state index in [0.29, 0.717) is 39.7 Å². The minimum atomic E-state index is -0.120. The number of nitrogens with two attached hydrogens (primary N) is 1. The summed E-state index contributed by atoms with van der Waals surface area (Å²) in [6.45, 7) is 0.714. The van der Waals surface area contributed by atoms with E-state index in [1.165, 1.54) is 11.3 Å². The van der Waals surface area contributed by atoms with Gasteiger partial charge in [-0.2, -0.15) is 0 Å². The number of hydrogen-bond donors (Lipinski definition) is 2. The highest BCUT2D eigenvalue weighted by atomic mass is 32.1. The average molecular weight is 407 g/mol. The van der Waals surface area contributed by atoms with Crippen LogP contribution in [0.15, 0.2) is 41.2 Å². The summed E-state index contributed by atoms with van der Waals surface area (Å²) in [5.41, 5.74) is 7.83. The lowest BCUT2D eigenvalue weighted by molar-refractivity contribution is 0.414. The molecule has 0 amide bonds. The molecular formula is C22H21N3O3S. The van der Waals surface area contributed by atoms with E-state index in [0.717, 1.165) is 35.1 Å². The van der Waals surface area contributed by atoms with E-state index in [1.54, 1.807) is 23.8 Å². The summed E-state index contributed by atoms with van der Waals surface area (Å²) in [6.07, 6.45) is 2.25. The summed E-state index contributed by atoms with van der Waals surface area (Å²) in [7, 11) is 1.66. The Bertz CT molecular complexity index is 1300. The second kappa shape index (κ2) is 6.86. The summed E-state index contributed by atoms with van der Waals surface area (Å²) < 4.78 is 7.77. The molecule has 0 spiro atoms. The number of ether oxygens (including phenoxy) is 1. The van der Waals surface area contributed by atoms with Gasteiger partial charge in [0.1, 0.15) is 22.2 Å². The van der Waals surface area contributed by atoms with Crippen LogP contribution in [0.1, 0.15) is 24.3 Å². The van der Waals surface area contributed by atoms with Crippen LogP contribution in [0, 0.1) is 0 Å².